The van der Waals surface area contributed by atoms with Crippen LogP contribution < -0.4 is 14.8 Å². The predicted octanol–water partition coefficient (Wildman–Crippen LogP) is 4.69. The monoisotopic (exact) mass is 483 g/mol. The van der Waals surface area contributed by atoms with Gasteiger partial charge in [0.05, 0.1) is 19.4 Å². The number of benzene rings is 2. The number of carbonyl (C=O) groups excluding carboxylic acids is 1. The second-order valence-corrected chi connectivity index (χ2v) is 9.01. The van der Waals surface area contributed by atoms with E-state index in [2.05, 4.69) is 27.4 Å². The first-order valence-electron chi connectivity index (χ1n) is 12.0. The maximum atomic E-state index is 12.8. The molecular formula is C28H29N5O3. The Labute approximate surface area is 210 Å². The van der Waals surface area contributed by atoms with E-state index in [1.54, 1.807) is 11.8 Å². The van der Waals surface area contributed by atoms with Crippen LogP contribution in [0.25, 0.3) is 5.95 Å². The average Bonchev–Trinajstić information content (AvgIpc) is 3.20. The summed E-state index contributed by atoms with van der Waals surface area (Å²) in [6, 6.07) is 18.0. The van der Waals surface area contributed by atoms with Crippen molar-refractivity contribution in [1.29, 1.82) is 0 Å². The molecular weight excluding hydrogens is 454 g/mol. The van der Waals surface area contributed by atoms with Crippen LogP contribution in [0, 0.1) is 20.8 Å². The molecule has 8 nitrogen and oxygen atoms in total. The van der Waals surface area contributed by atoms with E-state index < -0.39 is 0 Å². The molecule has 1 amide bonds. The third-order valence-electron chi connectivity index (χ3n) is 6.34. The summed E-state index contributed by atoms with van der Waals surface area (Å²) in [5.41, 5.74) is 5.63. The van der Waals surface area contributed by atoms with Crippen LogP contribution in [0.5, 0.6) is 11.5 Å². The molecule has 0 unspecified atom stereocenters. The first kappa shape index (κ1) is 23.5. The van der Waals surface area contributed by atoms with Crippen LogP contribution in [-0.2, 0) is 11.2 Å². The fraction of sp³-hybridized carbons (Fsp3) is 0.286. The van der Waals surface area contributed by atoms with Crippen molar-refractivity contribution in [2.75, 3.05) is 19.0 Å². The standard InChI is InChI=1S/C28H29N5O3/c1-17-14-18(2)30-28(29-17)33-27-26(19(3)32-33)22(16-25(34)31-27)21-10-11-23(24(15-21)35-4)36-13-12-20-8-6-5-7-9-20/h5-11,14-15,22H,12-13,16H2,1-4H3,(H,31,34)/t22-/m0/s1. The number of fused-ring (bicyclic) bond motifs is 1. The Morgan fingerprint density at radius 2 is 1.75 bits per heavy atom. The number of carbonyl (C=O) groups is 1. The lowest BCUT2D eigenvalue weighted by molar-refractivity contribution is -0.116. The lowest BCUT2D eigenvalue weighted by Gasteiger charge is -2.25. The summed E-state index contributed by atoms with van der Waals surface area (Å²) in [6.07, 6.45) is 1.11. The maximum absolute atomic E-state index is 12.8. The molecule has 2 aromatic heterocycles. The van der Waals surface area contributed by atoms with Gasteiger partial charge in [-0.1, -0.05) is 36.4 Å². The lowest BCUT2D eigenvalue weighted by atomic mass is 9.85. The van der Waals surface area contributed by atoms with E-state index in [4.69, 9.17) is 14.6 Å². The molecule has 8 heteroatoms. The average molecular weight is 484 g/mol. The van der Waals surface area contributed by atoms with E-state index in [9.17, 15) is 4.79 Å². The Morgan fingerprint density at radius 1 is 1.00 bits per heavy atom. The summed E-state index contributed by atoms with van der Waals surface area (Å²) in [5, 5.41) is 7.70. The van der Waals surface area contributed by atoms with Gasteiger partial charge in [-0.05, 0) is 50.1 Å². The van der Waals surface area contributed by atoms with Crippen LogP contribution in [0.2, 0.25) is 0 Å². The zero-order valence-electron chi connectivity index (χ0n) is 20.9. The van der Waals surface area contributed by atoms with Gasteiger partial charge in [0.25, 0.3) is 5.95 Å². The van der Waals surface area contributed by atoms with Crippen LogP contribution in [0.15, 0.2) is 54.6 Å². The van der Waals surface area contributed by atoms with Crippen molar-refractivity contribution in [2.45, 2.75) is 39.5 Å². The molecule has 0 saturated carbocycles. The molecule has 3 heterocycles. The first-order chi connectivity index (χ1) is 17.4. The SMILES string of the molecule is COc1cc([C@@H]2CC(=O)Nc3c2c(C)nn3-c2nc(C)cc(C)n2)ccc1OCCc1ccccc1. The first-order valence-corrected chi connectivity index (χ1v) is 12.0. The van der Waals surface area contributed by atoms with E-state index in [1.165, 1.54) is 5.56 Å². The van der Waals surface area contributed by atoms with Gasteiger partial charge in [-0.3, -0.25) is 4.79 Å². The van der Waals surface area contributed by atoms with Crippen LogP contribution in [0.1, 0.15) is 46.1 Å². The molecule has 36 heavy (non-hydrogen) atoms. The highest BCUT2D eigenvalue weighted by Gasteiger charge is 2.33. The number of ether oxygens (including phenoxy) is 2. The van der Waals surface area contributed by atoms with E-state index in [-0.39, 0.29) is 11.8 Å². The fourth-order valence-corrected chi connectivity index (χ4v) is 4.72. The minimum Gasteiger partial charge on any atom is -0.493 e. The van der Waals surface area contributed by atoms with Crippen molar-refractivity contribution in [3.8, 4) is 17.4 Å². The van der Waals surface area contributed by atoms with E-state index in [1.807, 2.05) is 63.2 Å². The van der Waals surface area contributed by atoms with Crippen LogP contribution in [-0.4, -0.2) is 39.4 Å². The van der Waals surface area contributed by atoms with Gasteiger partial charge >= 0.3 is 0 Å². The molecule has 1 N–H and O–H groups in total. The Hall–Kier alpha value is -4.20. The molecule has 1 aliphatic heterocycles. The number of hydrogen-bond donors (Lipinski definition) is 1. The summed E-state index contributed by atoms with van der Waals surface area (Å²) >= 11 is 0. The minimum atomic E-state index is -0.180. The van der Waals surface area contributed by atoms with Gasteiger partial charge < -0.3 is 14.8 Å². The van der Waals surface area contributed by atoms with Crippen molar-refractivity contribution < 1.29 is 14.3 Å². The second-order valence-electron chi connectivity index (χ2n) is 9.01. The number of hydrogen-bond acceptors (Lipinski definition) is 6. The van der Waals surface area contributed by atoms with Gasteiger partial charge in [-0.25, -0.2) is 9.97 Å². The molecule has 0 radical (unpaired) electrons. The molecule has 2 aromatic carbocycles. The normalized spacial score (nSPS) is 14.8. The Morgan fingerprint density at radius 3 is 2.47 bits per heavy atom. The smallest absolute Gasteiger partial charge is 0.252 e. The van der Waals surface area contributed by atoms with Gasteiger partial charge in [-0.2, -0.15) is 9.78 Å². The molecule has 0 spiro atoms. The maximum Gasteiger partial charge on any atom is 0.252 e. The number of nitrogens with zero attached hydrogens (tertiary/aromatic N) is 4. The Kier molecular flexibility index (Phi) is 6.41. The van der Waals surface area contributed by atoms with Gasteiger partial charge in [0.15, 0.2) is 11.5 Å². The van der Waals surface area contributed by atoms with Gasteiger partial charge in [0.2, 0.25) is 5.91 Å². The number of methoxy groups -OCH3 is 1. The van der Waals surface area contributed by atoms with Crippen molar-refractivity contribution in [3.05, 3.63) is 88.4 Å². The molecule has 4 aromatic rings. The number of rotatable bonds is 7. The molecule has 0 aliphatic carbocycles. The largest absolute Gasteiger partial charge is 0.493 e. The summed E-state index contributed by atoms with van der Waals surface area (Å²) in [7, 11) is 1.63. The summed E-state index contributed by atoms with van der Waals surface area (Å²) < 4.78 is 13.3. The van der Waals surface area contributed by atoms with Gasteiger partial charge in [0, 0.05) is 35.7 Å². The lowest BCUT2D eigenvalue weighted by Crippen LogP contribution is -2.25. The number of aryl methyl sites for hydroxylation is 3. The van der Waals surface area contributed by atoms with E-state index in [0.29, 0.717) is 36.3 Å². The number of nitrogens with one attached hydrogen (secondary N) is 1. The molecule has 5 rings (SSSR count). The number of aromatic nitrogens is 4. The zero-order valence-corrected chi connectivity index (χ0v) is 20.9. The molecule has 0 saturated heterocycles. The highest BCUT2D eigenvalue weighted by molar-refractivity contribution is 5.95. The predicted molar refractivity (Wildman–Crippen MR) is 137 cm³/mol. The summed E-state index contributed by atoms with van der Waals surface area (Å²) in [6.45, 7) is 6.31. The Bertz CT molecular complexity index is 1390. The van der Waals surface area contributed by atoms with Crippen molar-refractivity contribution in [1.82, 2.24) is 19.7 Å². The van der Waals surface area contributed by atoms with Crippen LogP contribution in [0.4, 0.5) is 5.82 Å². The van der Waals surface area contributed by atoms with E-state index >= 15 is 0 Å². The van der Waals surface area contributed by atoms with E-state index in [0.717, 1.165) is 34.6 Å². The molecule has 0 bridgehead atoms. The molecule has 1 aliphatic rings. The van der Waals surface area contributed by atoms with Crippen LogP contribution in [0.3, 0.4) is 0 Å². The fourth-order valence-electron chi connectivity index (χ4n) is 4.72. The third-order valence-corrected chi connectivity index (χ3v) is 6.34. The summed E-state index contributed by atoms with van der Waals surface area (Å²) in [4.78, 5) is 21.9. The number of anilines is 1. The van der Waals surface area contributed by atoms with Crippen molar-refractivity contribution >= 4 is 11.7 Å². The highest BCUT2D eigenvalue weighted by Crippen LogP contribution is 2.42. The third kappa shape index (κ3) is 4.66. The topological polar surface area (TPSA) is 91.2 Å². The number of amides is 1. The summed E-state index contributed by atoms with van der Waals surface area (Å²) in [5.74, 6) is 2.10. The zero-order chi connectivity index (χ0) is 25.2. The highest BCUT2D eigenvalue weighted by atomic mass is 16.5. The van der Waals surface area contributed by atoms with Crippen LogP contribution >= 0.6 is 0 Å². The van der Waals surface area contributed by atoms with Crippen molar-refractivity contribution in [3.63, 3.8) is 0 Å². The molecule has 0 fully saturated rings. The second kappa shape index (κ2) is 9.81. The van der Waals surface area contributed by atoms with Gasteiger partial charge in [-0.15, -0.1) is 0 Å². The van der Waals surface area contributed by atoms with Gasteiger partial charge in [0.1, 0.15) is 5.82 Å². The van der Waals surface area contributed by atoms with Crippen molar-refractivity contribution in [2.24, 2.45) is 0 Å². The minimum absolute atomic E-state index is 0.0832. The Balaban J connectivity index is 1.45. The molecule has 184 valence electrons. The molecule has 1 atom stereocenters. The quantitative estimate of drug-likeness (QED) is 0.410.